The molecule has 1 unspecified atom stereocenters. The Bertz CT molecular complexity index is 424. The van der Waals surface area contributed by atoms with E-state index in [1.54, 1.807) is 12.1 Å². The van der Waals surface area contributed by atoms with Gasteiger partial charge in [0.1, 0.15) is 11.6 Å². The van der Waals surface area contributed by atoms with Crippen molar-refractivity contribution in [2.75, 3.05) is 25.4 Å². The Morgan fingerprint density at radius 3 is 2.74 bits per heavy atom. The first-order chi connectivity index (χ1) is 9.19. The van der Waals surface area contributed by atoms with Crippen LogP contribution in [-0.2, 0) is 4.79 Å². The molecule has 1 saturated heterocycles. The van der Waals surface area contributed by atoms with Gasteiger partial charge in [-0.2, -0.15) is 12.6 Å². The minimum absolute atomic E-state index is 0.209. The van der Waals surface area contributed by atoms with E-state index < -0.39 is 0 Å². The molecule has 0 bridgehead atoms. The SMILES string of the molecule is O=C1CC(CS)CN1CCCOc1ccc(F)cc1. The maximum atomic E-state index is 12.7. The maximum Gasteiger partial charge on any atom is 0.222 e. The highest BCUT2D eigenvalue weighted by molar-refractivity contribution is 7.80. The average molecular weight is 283 g/mol. The van der Waals surface area contributed by atoms with Crippen LogP contribution in [-0.4, -0.2) is 36.3 Å². The summed E-state index contributed by atoms with van der Waals surface area (Å²) in [5.41, 5.74) is 0. The molecule has 19 heavy (non-hydrogen) atoms. The van der Waals surface area contributed by atoms with Gasteiger partial charge in [-0.1, -0.05) is 0 Å². The Balaban J connectivity index is 1.67. The minimum atomic E-state index is -0.271. The monoisotopic (exact) mass is 283 g/mol. The number of hydrogen-bond donors (Lipinski definition) is 1. The van der Waals surface area contributed by atoms with Crippen molar-refractivity contribution in [2.45, 2.75) is 12.8 Å². The predicted octanol–water partition coefficient (Wildman–Crippen LogP) is 2.37. The minimum Gasteiger partial charge on any atom is -0.494 e. The van der Waals surface area contributed by atoms with Crippen molar-refractivity contribution in [1.29, 1.82) is 0 Å². The number of amides is 1. The molecule has 1 heterocycles. The van der Waals surface area contributed by atoms with Gasteiger partial charge in [-0.05, 0) is 42.4 Å². The van der Waals surface area contributed by atoms with E-state index in [2.05, 4.69) is 12.6 Å². The number of likely N-dealkylation sites (tertiary alicyclic amines) is 1. The third-order valence-corrected chi connectivity index (χ3v) is 3.72. The molecule has 104 valence electrons. The summed E-state index contributed by atoms with van der Waals surface area (Å²) in [4.78, 5) is 13.5. The van der Waals surface area contributed by atoms with Crippen LogP contribution in [0.15, 0.2) is 24.3 Å². The molecule has 1 fully saturated rings. The van der Waals surface area contributed by atoms with Crippen LogP contribution >= 0.6 is 12.6 Å². The van der Waals surface area contributed by atoms with Crippen molar-refractivity contribution < 1.29 is 13.9 Å². The van der Waals surface area contributed by atoms with E-state index in [9.17, 15) is 9.18 Å². The second kappa shape index (κ2) is 6.80. The Kier molecular flexibility index (Phi) is 5.07. The lowest BCUT2D eigenvalue weighted by molar-refractivity contribution is -0.127. The van der Waals surface area contributed by atoms with E-state index in [-0.39, 0.29) is 11.7 Å². The highest BCUT2D eigenvalue weighted by Gasteiger charge is 2.27. The van der Waals surface area contributed by atoms with E-state index in [0.717, 1.165) is 18.7 Å². The first kappa shape index (κ1) is 14.2. The molecule has 1 aromatic rings. The van der Waals surface area contributed by atoms with E-state index in [0.29, 0.717) is 31.2 Å². The zero-order valence-corrected chi connectivity index (χ0v) is 11.6. The van der Waals surface area contributed by atoms with Gasteiger partial charge in [-0.3, -0.25) is 4.79 Å². The molecule has 0 radical (unpaired) electrons. The third-order valence-electron chi connectivity index (χ3n) is 3.21. The van der Waals surface area contributed by atoms with Crippen LogP contribution in [0.25, 0.3) is 0 Å². The fraction of sp³-hybridized carbons (Fsp3) is 0.500. The molecule has 3 nitrogen and oxygen atoms in total. The van der Waals surface area contributed by atoms with Gasteiger partial charge in [-0.15, -0.1) is 0 Å². The molecule has 0 saturated carbocycles. The number of nitrogens with zero attached hydrogens (tertiary/aromatic N) is 1. The Morgan fingerprint density at radius 2 is 2.11 bits per heavy atom. The summed E-state index contributed by atoms with van der Waals surface area (Å²) >= 11 is 4.23. The van der Waals surface area contributed by atoms with Gasteiger partial charge in [0.25, 0.3) is 0 Å². The fourth-order valence-corrected chi connectivity index (χ4v) is 2.41. The van der Waals surface area contributed by atoms with E-state index >= 15 is 0 Å². The van der Waals surface area contributed by atoms with Crippen LogP contribution in [0.4, 0.5) is 4.39 Å². The van der Waals surface area contributed by atoms with Gasteiger partial charge in [-0.25, -0.2) is 4.39 Å². The summed E-state index contributed by atoms with van der Waals surface area (Å²) in [5.74, 6) is 1.73. The van der Waals surface area contributed by atoms with Crippen molar-refractivity contribution in [2.24, 2.45) is 5.92 Å². The van der Waals surface area contributed by atoms with Gasteiger partial charge >= 0.3 is 0 Å². The molecule has 0 aromatic heterocycles. The molecule has 1 aromatic carbocycles. The first-order valence-electron chi connectivity index (χ1n) is 6.46. The molecule has 1 amide bonds. The molecular weight excluding hydrogens is 265 g/mol. The summed E-state index contributed by atoms with van der Waals surface area (Å²) in [6.45, 7) is 2.05. The van der Waals surface area contributed by atoms with Crippen molar-refractivity contribution in [3.8, 4) is 5.75 Å². The van der Waals surface area contributed by atoms with Crippen LogP contribution in [0.3, 0.4) is 0 Å². The number of rotatable bonds is 6. The second-order valence-corrected chi connectivity index (χ2v) is 5.11. The molecular formula is C14H18FNO2S. The average Bonchev–Trinajstić information content (AvgIpc) is 2.77. The highest BCUT2D eigenvalue weighted by atomic mass is 32.1. The van der Waals surface area contributed by atoms with Gasteiger partial charge in [0.2, 0.25) is 5.91 Å². The van der Waals surface area contributed by atoms with Gasteiger partial charge in [0.05, 0.1) is 6.61 Å². The number of benzene rings is 1. The summed E-state index contributed by atoms with van der Waals surface area (Å²) in [7, 11) is 0. The molecule has 0 aliphatic carbocycles. The molecule has 0 N–H and O–H groups in total. The Labute approximate surface area is 118 Å². The smallest absolute Gasteiger partial charge is 0.222 e. The topological polar surface area (TPSA) is 29.5 Å². The van der Waals surface area contributed by atoms with Gasteiger partial charge in [0, 0.05) is 19.5 Å². The third kappa shape index (κ3) is 4.13. The lowest BCUT2D eigenvalue weighted by atomic mass is 10.1. The van der Waals surface area contributed by atoms with E-state index in [4.69, 9.17) is 4.74 Å². The fourth-order valence-electron chi connectivity index (χ4n) is 2.17. The Morgan fingerprint density at radius 1 is 1.37 bits per heavy atom. The van der Waals surface area contributed by atoms with Crippen molar-refractivity contribution in [3.05, 3.63) is 30.1 Å². The quantitative estimate of drug-likeness (QED) is 0.641. The lowest BCUT2D eigenvalue weighted by Crippen LogP contribution is -2.27. The largest absolute Gasteiger partial charge is 0.494 e. The van der Waals surface area contributed by atoms with Gasteiger partial charge < -0.3 is 9.64 Å². The Hall–Kier alpha value is -1.23. The highest BCUT2D eigenvalue weighted by Crippen LogP contribution is 2.19. The van der Waals surface area contributed by atoms with Crippen LogP contribution in [0.2, 0.25) is 0 Å². The van der Waals surface area contributed by atoms with Crippen molar-refractivity contribution in [1.82, 2.24) is 4.90 Å². The van der Waals surface area contributed by atoms with Crippen molar-refractivity contribution >= 4 is 18.5 Å². The summed E-state index contributed by atoms with van der Waals surface area (Å²) in [6, 6.07) is 5.95. The molecule has 1 atom stereocenters. The number of carbonyl (C=O) groups is 1. The zero-order valence-electron chi connectivity index (χ0n) is 10.7. The standard InChI is InChI=1S/C14H18FNO2S/c15-12-2-4-13(5-3-12)18-7-1-6-16-9-11(10-19)8-14(16)17/h2-5,11,19H,1,6-10H2. The maximum absolute atomic E-state index is 12.7. The number of ether oxygens (including phenoxy) is 1. The molecule has 1 aliphatic heterocycles. The first-order valence-corrected chi connectivity index (χ1v) is 7.09. The molecule has 0 spiro atoms. The van der Waals surface area contributed by atoms with Gasteiger partial charge in [0.15, 0.2) is 0 Å². The number of thiol groups is 1. The van der Waals surface area contributed by atoms with Crippen LogP contribution in [0.1, 0.15) is 12.8 Å². The summed E-state index contributed by atoms with van der Waals surface area (Å²) < 4.78 is 18.2. The number of hydrogen-bond acceptors (Lipinski definition) is 3. The normalized spacial score (nSPS) is 18.9. The van der Waals surface area contributed by atoms with Crippen LogP contribution in [0.5, 0.6) is 5.75 Å². The second-order valence-electron chi connectivity index (χ2n) is 4.75. The van der Waals surface area contributed by atoms with E-state index in [1.165, 1.54) is 12.1 Å². The summed E-state index contributed by atoms with van der Waals surface area (Å²) in [6.07, 6.45) is 1.39. The van der Waals surface area contributed by atoms with E-state index in [1.807, 2.05) is 4.90 Å². The number of halogens is 1. The van der Waals surface area contributed by atoms with Crippen LogP contribution < -0.4 is 4.74 Å². The molecule has 1 aliphatic rings. The summed E-state index contributed by atoms with van der Waals surface area (Å²) in [5, 5.41) is 0. The molecule has 5 heteroatoms. The number of carbonyl (C=O) groups excluding carboxylic acids is 1. The predicted molar refractivity (Wildman–Crippen MR) is 75.1 cm³/mol. The van der Waals surface area contributed by atoms with Crippen LogP contribution in [0, 0.1) is 11.7 Å². The zero-order chi connectivity index (χ0) is 13.7. The van der Waals surface area contributed by atoms with Crippen molar-refractivity contribution in [3.63, 3.8) is 0 Å². The lowest BCUT2D eigenvalue weighted by Gasteiger charge is -2.16. The molecule has 2 rings (SSSR count).